The third-order valence-corrected chi connectivity index (χ3v) is 5.08. The molecule has 2 aromatic heterocycles. The van der Waals surface area contributed by atoms with Crippen molar-refractivity contribution in [2.45, 2.75) is 12.7 Å². The van der Waals surface area contributed by atoms with Crippen molar-refractivity contribution in [1.29, 1.82) is 0 Å². The second kappa shape index (κ2) is 8.58. The van der Waals surface area contributed by atoms with Gasteiger partial charge in [0.15, 0.2) is 12.1 Å². The minimum atomic E-state index is -4.43. The second-order valence-corrected chi connectivity index (χ2v) is 8.93. The third kappa shape index (κ3) is 5.68. The Bertz CT molecular complexity index is 1400. The molecule has 0 saturated heterocycles. The number of benzene rings is 2. The summed E-state index contributed by atoms with van der Waals surface area (Å²) >= 11 is 0. The number of alkyl halides is 3. The van der Waals surface area contributed by atoms with Gasteiger partial charge in [0.05, 0.1) is 17.5 Å². The van der Waals surface area contributed by atoms with Gasteiger partial charge >= 0.3 is 17.8 Å². The summed E-state index contributed by atoms with van der Waals surface area (Å²) in [6.07, 6.45) is -1.83. The monoisotopic (exact) mass is 478 g/mol. The topological polar surface area (TPSA) is 126 Å². The fourth-order valence-corrected chi connectivity index (χ4v) is 3.66. The van der Waals surface area contributed by atoms with E-state index in [1.807, 2.05) is 0 Å². The SMILES string of the molecule is CS(=O)(=O)Nc1cccc(Nc2nc(NCc3cccc(C(F)(F)F)c3)c3[nH]c[nH+]c3n2)c1. The van der Waals surface area contributed by atoms with E-state index in [0.29, 0.717) is 33.9 Å². The van der Waals surface area contributed by atoms with E-state index in [0.717, 1.165) is 18.4 Å². The van der Waals surface area contributed by atoms with Gasteiger partial charge in [-0.2, -0.15) is 18.2 Å². The van der Waals surface area contributed by atoms with Gasteiger partial charge in [0, 0.05) is 12.2 Å². The molecule has 4 aromatic rings. The molecule has 5 N–H and O–H groups in total. The minimum absolute atomic E-state index is 0.0995. The molecule has 0 aliphatic rings. The molecule has 2 heterocycles. The molecule has 172 valence electrons. The lowest BCUT2D eigenvalue weighted by atomic mass is 10.1. The number of anilines is 4. The van der Waals surface area contributed by atoms with Crippen LogP contribution in [0.3, 0.4) is 0 Å². The predicted octanol–water partition coefficient (Wildman–Crippen LogP) is 3.52. The molecule has 0 amide bonds. The molecule has 2 aromatic carbocycles. The van der Waals surface area contributed by atoms with E-state index in [9.17, 15) is 21.6 Å². The highest BCUT2D eigenvalue weighted by Crippen LogP contribution is 2.30. The summed E-state index contributed by atoms with van der Waals surface area (Å²) in [4.78, 5) is 14.7. The van der Waals surface area contributed by atoms with Crippen molar-refractivity contribution >= 4 is 44.3 Å². The highest BCUT2D eigenvalue weighted by Gasteiger charge is 2.30. The summed E-state index contributed by atoms with van der Waals surface area (Å²) < 4.78 is 64.3. The van der Waals surface area contributed by atoms with Gasteiger partial charge in [-0.1, -0.05) is 23.2 Å². The van der Waals surface area contributed by atoms with Gasteiger partial charge in [0.2, 0.25) is 15.5 Å². The molecule has 0 aliphatic carbocycles. The maximum Gasteiger partial charge on any atom is 0.416 e. The summed E-state index contributed by atoms with van der Waals surface area (Å²) in [5.41, 5.74) is 1.60. The van der Waals surface area contributed by atoms with Crippen LogP contribution < -0.4 is 20.3 Å². The van der Waals surface area contributed by atoms with Gasteiger partial charge in [0.25, 0.3) is 0 Å². The van der Waals surface area contributed by atoms with E-state index < -0.39 is 21.8 Å². The zero-order valence-corrected chi connectivity index (χ0v) is 18.0. The number of nitrogens with zero attached hydrogens (tertiary/aromatic N) is 2. The lowest BCUT2D eigenvalue weighted by Crippen LogP contribution is -2.10. The average Bonchev–Trinajstić information content (AvgIpc) is 3.19. The fraction of sp³-hybridized carbons (Fsp3) is 0.150. The Morgan fingerprint density at radius 2 is 1.82 bits per heavy atom. The van der Waals surface area contributed by atoms with Gasteiger partial charge in [0.1, 0.15) is 0 Å². The highest BCUT2D eigenvalue weighted by molar-refractivity contribution is 7.92. The van der Waals surface area contributed by atoms with Crippen LogP contribution >= 0.6 is 0 Å². The zero-order valence-electron chi connectivity index (χ0n) is 17.2. The molecule has 0 unspecified atom stereocenters. The number of sulfonamides is 1. The maximum absolute atomic E-state index is 13.0. The number of hydrogen-bond donors (Lipinski definition) is 4. The third-order valence-electron chi connectivity index (χ3n) is 4.47. The van der Waals surface area contributed by atoms with Crippen LogP contribution in [0.4, 0.5) is 36.3 Å². The summed E-state index contributed by atoms with van der Waals surface area (Å²) in [5, 5.41) is 6.04. The van der Waals surface area contributed by atoms with Crippen molar-refractivity contribution in [2.75, 3.05) is 21.6 Å². The second-order valence-electron chi connectivity index (χ2n) is 7.18. The Balaban J connectivity index is 1.57. The number of fused-ring (bicyclic) bond motifs is 1. The number of halogens is 3. The summed E-state index contributed by atoms with van der Waals surface area (Å²) in [6, 6.07) is 11.6. The molecular formula is C20H19F3N7O2S+. The van der Waals surface area contributed by atoms with Gasteiger partial charge in [-0.25, -0.2) is 13.4 Å². The quantitative estimate of drug-likeness (QED) is 0.322. The predicted molar refractivity (Wildman–Crippen MR) is 117 cm³/mol. The summed E-state index contributed by atoms with van der Waals surface area (Å²) in [6.45, 7) is 0.0995. The van der Waals surface area contributed by atoms with Crippen LogP contribution in [0.1, 0.15) is 11.1 Å². The lowest BCUT2D eigenvalue weighted by molar-refractivity contribution is -0.347. The molecule has 4 rings (SSSR count). The number of imidazole rings is 1. The Labute approximate surface area is 186 Å². The number of hydrogen-bond acceptors (Lipinski definition) is 6. The van der Waals surface area contributed by atoms with Crippen molar-refractivity contribution in [3.8, 4) is 0 Å². The summed E-state index contributed by atoms with van der Waals surface area (Å²) in [5.74, 6) is 0.563. The average molecular weight is 478 g/mol. The van der Waals surface area contributed by atoms with Gasteiger partial charge in [-0.05, 0) is 35.9 Å². The normalized spacial score (nSPS) is 12.0. The van der Waals surface area contributed by atoms with Gasteiger partial charge < -0.3 is 10.6 Å². The molecule has 13 heteroatoms. The maximum atomic E-state index is 13.0. The molecule has 0 atom stereocenters. The van der Waals surface area contributed by atoms with Crippen LogP contribution in [0, 0.1) is 0 Å². The van der Waals surface area contributed by atoms with Crippen molar-refractivity contribution in [1.82, 2.24) is 15.0 Å². The summed E-state index contributed by atoms with van der Waals surface area (Å²) in [7, 11) is -3.44. The van der Waals surface area contributed by atoms with E-state index in [1.54, 1.807) is 36.7 Å². The van der Waals surface area contributed by atoms with E-state index in [4.69, 9.17) is 0 Å². The number of aromatic amines is 2. The molecule has 33 heavy (non-hydrogen) atoms. The van der Waals surface area contributed by atoms with Crippen LogP contribution in [-0.4, -0.2) is 29.6 Å². The Morgan fingerprint density at radius 1 is 1.06 bits per heavy atom. The Morgan fingerprint density at radius 3 is 2.58 bits per heavy atom. The van der Waals surface area contributed by atoms with E-state index in [-0.39, 0.29) is 12.5 Å². The van der Waals surface area contributed by atoms with Gasteiger partial charge in [-0.15, -0.1) is 0 Å². The number of nitrogens with one attached hydrogen (secondary N) is 5. The first-order valence-corrected chi connectivity index (χ1v) is 11.5. The van der Waals surface area contributed by atoms with Crippen LogP contribution in [-0.2, 0) is 22.7 Å². The largest absolute Gasteiger partial charge is 0.416 e. The van der Waals surface area contributed by atoms with Crippen molar-refractivity contribution in [3.05, 3.63) is 66.0 Å². The number of H-pyrrole nitrogens is 2. The molecule has 0 fully saturated rings. The number of rotatable bonds is 7. The zero-order chi connectivity index (χ0) is 23.6. The van der Waals surface area contributed by atoms with Crippen LogP contribution in [0.25, 0.3) is 11.2 Å². The standard InChI is InChI=1S/C20H18F3N7O2S/c1-33(31,32)30-15-7-3-6-14(9-15)27-19-28-17(16-18(29-19)26-11-25-16)24-10-12-4-2-5-13(8-12)20(21,22)23/h2-9,11,30H,10H2,1H3,(H3,24,25,26,27,28,29)/p+1. The first-order chi connectivity index (χ1) is 15.6. The molecule has 9 nitrogen and oxygen atoms in total. The van der Waals surface area contributed by atoms with Crippen molar-refractivity contribution < 1.29 is 26.6 Å². The smallest absolute Gasteiger partial charge is 0.363 e. The molecular weight excluding hydrogens is 459 g/mol. The Kier molecular flexibility index (Phi) is 5.80. The van der Waals surface area contributed by atoms with Crippen LogP contribution in [0.15, 0.2) is 54.9 Å². The molecule has 0 radical (unpaired) electrons. The van der Waals surface area contributed by atoms with E-state index >= 15 is 0 Å². The lowest BCUT2D eigenvalue weighted by Gasteiger charge is -2.10. The first-order valence-electron chi connectivity index (χ1n) is 9.58. The minimum Gasteiger partial charge on any atom is -0.363 e. The van der Waals surface area contributed by atoms with E-state index in [1.165, 1.54) is 6.07 Å². The molecule has 0 saturated carbocycles. The number of aromatic nitrogens is 4. The Hall–Kier alpha value is -3.87. The molecule has 0 spiro atoms. The molecule has 0 bridgehead atoms. The molecule has 0 aliphatic heterocycles. The first kappa shape index (κ1) is 22.3. The van der Waals surface area contributed by atoms with Gasteiger partial charge in [-0.3, -0.25) is 9.71 Å². The highest BCUT2D eigenvalue weighted by atomic mass is 32.2. The fourth-order valence-electron chi connectivity index (χ4n) is 3.11. The van der Waals surface area contributed by atoms with Crippen LogP contribution in [0.5, 0.6) is 0 Å². The van der Waals surface area contributed by atoms with E-state index in [2.05, 4.69) is 35.3 Å². The van der Waals surface area contributed by atoms with Crippen molar-refractivity contribution in [2.24, 2.45) is 0 Å². The van der Waals surface area contributed by atoms with Crippen molar-refractivity contribution in [3.63, 3.8) is 0 Å². The van der Waals surface area contributed by atoms with Crippen LogP contribution in [0.2, 0.25) is 0 Å².